The number of hydrogen-bond donors (Lipinski definition) is 1. The molecule has 0 aliphatic heterocycles. The molecule has 0 aliphatic rings. The van der Waals surface area contributed by atoms with E-state index in [0.717, 1.165) is 12.8 Å². The average molecular weight is 267 g/mol. The van der Waals surface area contributed by atoms with Crippen molar-refractivity contribution < 1.29 is 4.79 Å². The summed E-state index contributed by atoms with van der Waals surface area (Å²) < 4.78 is 0. The average Bonchev–Trinajstić information content (AvgIpc) is 2.31. The quantitative estimate of drug-likeness (QED) is 0.445. The van der Waals surface area contributed by atoms with Crippen molar-refractivity contribution in [2.24, 2.45) is 5.41 Å². The van der Waals surface area contributed by atoms with Gasteiger partial charge in [-0.3, -0.25) is 4.79 Å². The molecule has 0 radical (unpaired) electrons. The van der Waals surface area contributed by atoms with E-state index in [1.54, 1.807) is 0 Å². The summed E-state index contributed by atoms with van der Waals surface area (Å²) >= 11 is 0. The predicted octanol–water partition coefficient (Wildman–Crippen LogP) is 4.84. The van der Waals surface area contributed by atoms with Crippen LogP contribution >= 0.6 is 0 Å². The van der Waals surface area contributed by atoms with Crippen LogP contribution in [0.25, 0.3) is 0 Å². The predicted molar refractivity (Wildman–Crippen MR) is 84.2 cm³/mol. The van der Waals surface area contributed by atoms with Gasteiger partial charge in [0.15, 0.2) is 0 Å². The molecule has 0 aromatic heterocycles. The normalized spacial score (nSPS) is 13.1. The van der Waals surface area contributed by atoms with E-state index < -0.39 is 0 Å². The van der Waals surface area contributed by atoms with Crippen LogP contribution in [0, 0.1) is 5.41 Å². The molecule has 0 bridgehead atoms. The molecule has 2 nitrogen and oxygen atoms in total. The summed E-state index contributed by atoms with van der Waals surface area (Å²) in [7, 11) is 0. The minimum atomic E-state index is 0.140. The summed E-state index contributed by atoms with van der Waals surface area (Å²) in [4.78, 5) is 11.8. The number of unbranched alkanes of at least 4 members (excludes halogenated alkanes) is 6. The second kappa shape index (κ2) is 10.1. The third-order valence-electron chi connectivity index (χ3n) is 3.74. The molecule has 1 N–H and O–H groups in total. The molecule has 1 atom stereocenters. The number of nitrogens with one attached hydrogen (secondary N) is 1. The van der Waals surface area contributed by atoms with E-state index in [2.05, 4.69) is 39.6 Å². The van der Waals surface area contributed by atoms with Gasteiger partial charge in [-0.2, -0.15) is 0 Å². The Kier molecular flexibility index (Phi) is 9.63. The van der Waals surface area contributed by atoms with Gasteiger partial charge in [0.1, 0.15) is 0 Å². The number of hydrogen-bond acceptors (Lipinski definition) is 1. The molecule has 0 heterocycles. The van der Waals surface area contributed by atoms with E-state index in [9.17, 15) is 4.79 Å². The fourth-order valence-corrected chi connectivity index (χ4v) is 1.81. The lowest BCUT2D eigenvalue weighted by atomic mass is 9.88. The number of allylic oxidation sites excluding steroid dienone is 1. The minimum Gasteiger partial charge on any atom is -0.353 e. The standard InChI is InChI=1S/C17H33NO/c1-6-7-8-9-10-11-12-13-14-16(19)18-15(2)17(3,4)5/h6,15H,1,7-14H2,2-5H3,(H,18,19)/t15-/m1/s1. The van der Waals surface area contributed by atoms with Crippen LogP contribution in [0.15, 0.2) is 12.7 Å². The fourth-order valence-electron chi connectivity index (χ4n) is 1.81. The maximum Gasteiger partial charge on any atom is 0.220 e. The molecule has 0 rings (SSSR count). The van der Waals surface area contributed by atoms with Gasteiger partial charge < -0.3 is 5.32 Å². The molecule has 0 fully saturated rings. The third-order valence-corrected chi connectivity index (χ3v) is 3.74. The molecule has 0 saturated carbocycles. The number of carbonyl (C=O) groups excluding carboxylic acids is 1. The van der Waals surface area contributed by atoms with E-state index >= 15 is 0 Å². The highest BCUT2D eigenvalue weighted by molar-refractivity contribution is 5.76. The highest BCUT2D eigenvalue weighted by Crippen LogP contribution is 2.18. The topological polar surface area (TPSA) is 29.1 Å². The van der Waals surface area contributed by atoms with Gasteiger partial charge in [0, 0.05) is 12.5 Å². The number of amides is 1. The van der Waals surface area contributed by atoms with Crippen LogP contribution in [-0.2, 0) is 4.79 Å². The SMILES string of the molecule is C=CCCCCCCCCC(=O)N[C@H](C)C(C)(C)C. The minimum absolute atomic E-state index is 0.140. The van der Waals surface area contributed by atoms with Crippen LogP contribution in [0.5, 0.6) is 0 Å². The lowest BCUT2D eigenvalue weighted by Crippen LogP contribution is -2.41. The molecule has 0 aromatic carbocycles. The fraction of sp³-hybridized carbons (Fsp3) is 0.824. The second-order valence-electron chi connectivity index (χ2n) is 6.60. The van der Waals surface area contributed by atoms with Gasteiger partial charge in [-0.1, -0.05) is 52.5 Å². The Balaban J connectivity index is 3.46. The van der Waals surface area contributed by atoms with Gasteiger partial charge in [0.25, 0.3) is 0 Å². The third kappa shape index (κ3) is 10.8. The molecule has 112 valence electrons. The van der Waals surface area contributed by atoms with Crippen LogP contribution in [0.1, 0.15) is 79.1 Å². The van der Waals surface area contributed by atoms with E-state index in [0.29, 0.717) is 6.42 Å². The zero-order valence-electron chi connectivity index (χ0n) is 13.4. The van der Waals surface area contributed by atoms with Gasteiger partial charge in [-0.15, -0.1) is 6.58 Å². The summed E-state index contributed by atoms with van der Waals surface area (Å²) in [6.45, 7) is 12.3. The Morgan fingerprint density at radius 1 is 1.11 bits per heavy atom. The van der Waals surface area contributed by atoms with Gasteiger partial charge in [-0.05, 0) is 31.6 Å². The van der Waals surface area contributed by atoms with Crippen molar-refractivity contribution in [2.45, 2.75) is 85.1 Å². The summed E-state index contributed by atoms with van der Waals surface area (Å²) in [6.07, 6.45) is 11.1. The van der Waals surface area contributed by atoms with Gasteiger partial charge in [0.2, 0.25) is 5.91 Å². The zero-order chi connectivity index (χ0) is 14.7. The Hall–Kier alpha value is -0.790. The Bertz CT molecular complexity index is 252. The highest BCUT2D eigenvalue weighted by Gasteiger charge is 2.21. The van der Waals surface area contributed by atoms with Crippen molar-refractivity contribution in [3.63, 3.8) is 0 Å². The maximum absolute atomic E-state index is 11.8. The molecule has 0 aromatic rings. The Morgan fingerprint density at radius 3 is 2.16 bits per heavy atom. The molecule has 0 spiro atoms. The van der Waals surface area contributed by atoms with Crippen molar-refractivity contribution in [1.29, 1.82) is 0 Å². The first-order chi connectivity index (χ1) is 8.88. The Morgan fingerprint density at radius 2 is 1.63 bits per heavy atom. The lowest BCUT2D eigenvalue weighted by molar-refractivity contribution is -0.122. The Labute approximate surface area is 120 Å². The van der Waals surface area contributed by atoms with E-state index in [1.165, 1.54) is 32.1 Å². The molecule has 1 amide bonds. The van der Waals surface area contributed by atoms with Crippen LogP contribution in [0.4, 0.5) is 0 Å². The molecule has 0 aliphatic carbocycles. The first-order valence-electron chi connectivity index (χ1n) is 7.78. The second-order valence-corrected chi connectivity index (χ2v) is 6.60. The van der Waals surface area contributed by atoms with Crippen LogP contribution in [0.3, 0.4) is 0 Å². The zero-order valence-corrected chi connectivity index (χ0v) is 13.4. The van der Waals surface area contributed by atoms with Crippen LogP contribution in [0.2, 0.25) is 0 Å². The maximum atomic E-state index is 11.8. The van der Waals surface area contributed by atoms with Gasteiger partial charge >= 0.3 is 0 Å². The van der Waals surface area contributed by atoms with Crippen molar-refractivity contribution in [3.05, 3.63) is 12.7 Å². The molecular formula is C17H33NO. The van der Waals surface area contributed by atoms with Crippen LogP contribution in [-0.4, -0.2) is 11.9 Å². The van der Waals surface area contributed by atoms with Crippen molar-refractivity contribution >= 4 is 5.91 Å². The highest BCUT2D eigenvalue weighted by atomic mass is 16.1. The lowest BCUT2D eigenvalue weighted by Gasteiger charge is -2.28. The molecule has 0 saturated heterocycles. The largest absolute Gasteiger partial charge is 0.353 e. The first kappa shape index (κ1) is 18.2. The molecule has 19 heavy (non-hydrogen) atoms. The van der Waals surface area contributed by atoms with Gasteiger partial charge in [-0.25, -0.2) is 0 Å². The summed E-state index contributed by atoms with van der Waals surface area (Å²) in [6, 6.07) is 0.235. The summed E-state index contributed by atoms with van der Waals surface area (Å²) in [5, 5.41) is 3.09. The van der Waals surface area contributed by atoms with E-state index in [4.69, 9.17) is 0 Å². The molecule has 0 unspecified atom stereocenters. The van der Waals surface area contributed by atoms with Gasteiger partial charge in [0.05, 0.1) is 0 Å². The summed E-state index contributed by atoms with van der Waals surface area (Å²) in [5.74, 6) is 0.203. The van der Waals surface area contributed by atoms with E-state index in [-0.39, 0.29) is 17.4 Å². The summed E-state index contributed by atoms with van der Waals surface area (Å²) in [5.41, 5.74) is 0.140. The van der Waals surface area contributed by atoms with Crippen molar-refractivity contribution in [1.82, 2.24) is 5.32 Å². The number of rotatable bonds is 10. The van der Waals surface area contributed by atoms with Crippen LogP contribution < -0.4 is 5.32 Å². The van der Waals surface area contributed by atoms with Crippen molar-refractivity contribution in [2.75, 3.05) is 0 Å². The molecule has 2 heteroatoms. The molecular weight excluding hydrogens is 234 g/mol. The number of carbonyl (C=O) groups is 1. The first-order valence-corrected chi connectivity index (χ1v) is 7.78. The van der Waals surface area contributed by atoms with Crippen molar-refractivity contribution in [3.8, 4) is 0 Å². The van der Waals surface area contributed by atoms with E-state index in [1.807, 2.05) is 6.08 Å². The monoisotopic (exact) mass is 267 g/mol. The smallest absolute Gasteiger partial charge is 0.220 e.